The van der Waals surface area contributed by atoms with Gasteiger partial charge in [0.05, 0.1) is 17.9 Å². The van der Waals surface area contributed by atoms with Crippen molar-refractivity contribution in [3.05, 3.63) is 60.3 Å². The van der Waals surface area contributed by atoms with Crippen LogP contribution in [0.25, 0.3) is 10.9 Å². The van der Waals surface area contributed by atoms with Crippen LogP contribution in [0.2, 0.25) is 0 Å². The summed E-state index contributed by atoms with van der Waals surface area (Å²) >= 11 is 0. The zero-order valence-electron chi connectivity index (χ0n) is 14.0. The molecule has 2 atom stereocenters. The van der Waals surface area contributed by atoms with Crippen LogP contribution in [-0.4, -0.2) is 49.6 Å². The first-order valence-corrected chi connectivity index (χ1v) is 8.40. The molecule has 1 amide bonds. The van der Waals surface area contributed by atoms with Crippen molar-refractivity contribution in [1.82, 2.24) is 19.4 Å². The summed E-state index contributed by atoms with van der Waals surface area (Å²) in [4.78, 5) is 22.7. The molecule has 25 heavy (non-hydrogen) atoms. The molecule has 1 aromatic carbocycles. The van der Waals surface area contributed by atoms with Crippen molar-refractivity contribution in [3.63, 3.8) is 0 Å². The summed E-state index contributed by atoms with van der Waals surface area (Å²) in [6.07, 6.45) is 5.31. The number of benzene rings is 1. The first kappa shape index (κ1) is 15.8. The highest BCUT2D eigenvalue weighted by atomic mass is 16.3. The Morgan fingerprint density at radius 1 is 1.24 bits per heavy atom. The van der Waals surface area contributed by atoms with Crippen molar-refractivity contribution < 1.29 is 9.90 Å². The molecular formula is C19H20N4O2. The zero-order valence-corrected chi connectivity index (χ0v) is 14.0. The number of amides is 1. The second-order valence-corrected chi connectivity index (χ2v) is 6.65. The van der Waals surface area contributed by atoms with Crippen LogP contribution >= 0.6 is 0 Å². The molecule has 0 unspecified atom stereocenters. The summed E-state index contributed by atoms with van der Waals surface area (Å²) in [5, 5.41) is 11.6. The first-order chi connectivity index (χ1) is 12.1. The fraction of sp³-hybridized carbons (Fsp3) is 0.316. The van der Waals surface area contributed by atoms with Gasteiger partial charge in [-0.15, -0.1) is 0 Å². The second kappa shape index (κ2) is 6.29. The van der Waals surface area contributed by atoms with Crippen LogP contribution < -0.4 is 0 Å². The van der Waals surface area contributed by atoms with Crippen molar-refractivity contribution in [3.8, 4) is 0 Å². The Hall–Kier alpha value is -2.73. The average molecular weight is 336 g/mol. The van der Waals surface area contributed by atoms with Crippen LogP contribution in [0, 0.1) is 5.92 Å². The molecule has 0 spiro atoms. The Kier molecular flexibility index (Phi) is 3.97. The standard InChI is InChI=1S/C19H20N4O2/c1-22-10-17(21-12-22)19(25)23-9-14(18(24)11-23)8-13-6-7-20-16-5-3-2-4-15(13)16/h2-7,10,12,14,18,24H,8-9,11H2,1H3/t14-,18-/m1/s1. The Bertz CT molecular complexity index is 915. The number of para-hydroxylation sites is 1. The molecule has 3 heterocycles. The van der Waals surface area contributed by atoms with E-state index >= 15 is 0 Å². The minimum absolute atomic E-state index is 0.0125. The predicted molar refractivity (Wildman–Crippen MR) is 94.1 cm³/mol. The van der Waals surface area contributed by atoms with Gasteiger partial charge in [-0.2, -0.15) is 0 Å². The number of aliphatic hydroxyl groups is 1. The minimum atomic E-state index is -0.528. The lowest BCUT2D eigenvalue weighted by Crippen LogP contribution is -2.29. The first-order valence-electron chi connectivity index (χ1n) is 8.40. The van der Waals surface area contributed by atoms with E-state index in [9.17, 15) is 9.90 Å². The number of rotatable bonds is 3. The van der Waals surface area contributed by atoms with Gasteiger partial charge in [0.2, 0.25) is 0 Å². The molecule has 0 aliphatic carbocycles. The summed E-state index contributed by atoms with van der Waals surface area (Å²) < 4.78 is 1.75. The third-order valence-electron chi connectivity index (χ3n) is 4.84. The number of aliphatic hydroxyl groups excluding tert-OH is 1. The number of β-amino-alcohol motifs (C(OH)–C–C–N with tert-alkyl or cyclic N) is 1. The molecule has 128 valence electrons. The van der Waals surface area contributed by atoms with Gasteiger partial charge in [0, 0.05) is 43.8 Å². The number of aryl methyl sites for hydroxylation is 1. The third kappa shape index (κ3) is 3.00. The number of hydrogen-bond donors (Lipinski definition) is 1. The highest BCUT2D eigenvalue weighted by Crippen LogP contribution is 2.26. The summed E-state index contributed by atoms with van der Waals surface area (Å²) in [5.74, 6) is -0.111. The molecule has 1 N–H and O–H groups in total. The summed E-state index contributed by atoms with van der Waals surface area (Å²) in [6, 6.07) is 10.0. The number of likely N-dealkylation sites (tertiary alicyclic amines) is 1. The molecule has 1 saturated heterocycles. The van der Waals surface area contributed by atoms with E-state index in [0.717, 1.165) is 22.9 Å². The lowest BCUT2D eigenvalue weighted by molar-refractivity contribution is 0.0759. The zero-order chi connectivity index (χ0) is 17.4. The van der Waals surface area contributed by atoms with Gasteiger partial charge in [-0.05, 0) is 24.1 Å². The third-order valence-corrected chi connectivity index (χ3v) is 4.84. The Morgan fingerprint density at radius 3 is 2.88 bits per heavy atom. The van der Waals surface area contributed by atoms with Gasteiger partial charge >= 0.3 is 0 Å². The van der Waals surface area contributed by atoms with Crippen molar-refractivity contribution in [1.29, 1.82) is 0 Å². The SMILES string of the molecule is Cn1cnc(C(=O)N2C[C@@H](Cc3ccnc4ccccc34)[C@H](O)C2)c1. The molecule has 1 aliphatic heterocycles. The number of imidazole rings is 1. The van der Waals surface area contributed by atoms with E-state index < -0.39 is 6.10 Å². The van der Waals surface area contributed by atoms with Gasteiger partial charge in [-0.3, -0.25) is 9.78 Å². The van der Waals surface area contributed by atoms with E-state index in [1.165, 1.54) is 0 Å². The quantitative estimate of drug-likeness (QED) is 0.789. The molecule has 6 nitrogen and oxygen atoms in total. The van der Waals surface area contributed by atoms with Gasteiger partial charge in [0.15, 0.2) is 0 Å². The lowest BCUT2D eigenvalue weighted by Gasteiger charge is -2.15. The fourth-order valence-electron chi connectivity index (χ4n) is 3.52. The Balaban J connectivity index is 1.53. The fourth-order valence-corrected chi connectivity index (χ4v) is 3.52. The van der Waals surface area contributed by atoms with E-state index in [-0.39, 0.29) is 11.8 Å². The Morgan fingerprint density at radius 2 is 2.08 bits per heavy atom. The molecule has 0 radical (unpaired) electrons. The Labute approximate surface area is 145 Å². The molecule has 4 rings (SSSR count). The molecule has 2 aromatic heterocycles. The van der Waals surface area contributed by atoms with Crippen LogP contribution in [0.1, 0.15) is 16.1 Å². The van der Waals surface area contributed by atoms with E-state index in [1.807, 2.05) is 31.3 Å². The number of nitrogens with zero attached hydrogens (tertiary/aromatic N) is 4. The topological polar surface area (TPSA) is 71.2 Å². The molecule has 0 bridgehead atoms. The van der Waals surface area contributed by atoms with Crippen molar-refractivity contribution in [2.24, 2.45) is 13.0 Å². The minimum Gasteiger partial charge on any atom is -0.391 e. The number of pyridine rings is 1. The highest BCUT2D eigenvalue weighted by molar-refractivity contribution is 5.92. The van der Waals surface area contributed by atoms with Crippen LogP contribution in [-0.2, 0) is 13.5 Å². The summed E-state index contributed by atoms with van der Waals surface area (Å²) in [7, 11) is 1.83. The van der Waals surface area contributed by atoms with E-state index in [4.69, 9.17) is 0 Å². The molecular weight excluding hydrogens is 316 g/mol. The number of fused-ring (bicyclic) bond motifs is 1. The monoisotopic (exact) mass is 336 g/mol. The maximum Gasteiger partial charge on any atom is 0.274 e. The normalized spacial score (nSPS) is 20.3. The number of carbonyl (C=O) groups excluding carboxylic acids is 1. The van der Waals surface area contributed by atoms with Crippen molar-refractivity contribution in [2.75, 3.05) is 13.1 Å². The maximum absolute atomic E-state index is 12.5. The summed E-state index contributed by atoms with van der Waals surface area (Å²) in [6.45, 7) is 0.885. The number of carbonyl (C=O) groups is 1. The van der Waals surface area contributed by atoms with Gasteiger partial charge < -0.3 is 14.6 Å². The maximum atomic E-state index is 12.5. The van der Waals surface area contributed by atoms with Gasteiger partial charge in [-0.1, -0.05) is 18.2 Å². The average Bonchev–Trinajstić information content (AvgIpc) is 3.21. The lowest BCUT2D eigenvalue weighted by atomic mass is 9.94. The molecule has 3 aromatic rings. The number of aromatic nitrogens is 3. The van der Waals surface area contributed by atoms with Gasteiger partial charge in [0.1, 0.15) is 5.69 Å². The van der Waals surface area contributed by atoms with Crippen LogP contribution in [0.5, 0.6) is 0 Å². The van der Waals surface area contributed by atoms with Gasteiger partial charge in [0.25, 0.3) is 5.91 Å². The summed E-state index contributed by atoms with van der Waals surface area (Å²) in [5.41, 5.74) is 2.53. The van der Waals surface area contributed by atoms with Crippen molar-refractivity contribution >= 4 is 16.8 Å². The highest BCUT2D eigenvalue weighted by Gasteiger charge is 2.35. The smallest absolute Gasteiger partial charge is 0.274 e. The van der Waals surface area contributed by atoms with Crippen LogP contribution in [0.4, 0.5) is 0 Å². The second-order valence-electron chi connectivity index (χ2n) is 6.65. The van der Waals surface area contributed by atoms with Crippen LogP contribution in [0.3, 0.4) is 0 Å². The van der Waals surface area contributed by atoms with Crippen LogP contribution in [0.15, 0.2) is 49.1 Å². The largest absolute Gasteiger partial charge is 0.391 e. The molecule has 0 saturated carbocycles. The van der Waals surface area contributed by atoms with E-state index in [0.29, 0.717) is 18.8 Å². The predicted octanol–water partition coefficient (Wildman–Crippen LogP) is 1.64. The molecule has 6 heteroatoms. The number of hydrogen-bond acceptors (Lipinski definition) is 4. The van der Waals surface area contributed by atoms with E-state index in [2.05, 4.69) is 16.0 Å². The van der Waals surface area contributed by atoms with Gasteiger partial charge in [-0.25, -0.2) is 4.98 Å². The van der Waals surface area contributed by atoms with Crippen molar-refractivity contribution in [2.45, 2.75) is 12.5 Å². The molecule has 1 fully saturated rings. The molecule has 1 aliphatic rings. The van der Waals surface area contributed by atoms with E-state index in [1.54, 1.807) is 28.2 Å².